The van der Waals surface area contributed by atoms with Gasteiger partial charge >= 0.3 is 0 Å². The van der Waals surface area contributed by atoms with E-state index in [1.807, 2.05) is 13.8 Å². The van der Waals surface area contributed by atoms with Gasteiger partial charge in [-0.25, -0.2) is 9.19 Å². The number of nitrogen functional groups attached to an aromatic ring is 1. The van der Waals surface area contributed by atoms with Crippen LogP contribution in [-0.2, 0) is 15.6 Å². The van der Waals surface area contributed by atoms with Gasteiger partial charge < -0.3 is 15.5 Å². The monoisotopic (exact) mass is 309 g/mol. The summed E-state index contributed by atoms with van der Waals surface area (Å²) in [6.45, 7) is 6.12. The van der Waals surface area contributed by atoms with Crippen molar-refractivity contribution in [2.75, 3.05) is 12.3 Å². The topological polar surface area (TPSA) is 98.2 Å². The van der Waals surface area contributed by atoms with Crippen LogP contribution < -0.4 is 11.1 Å². The van der Waals surface area contributed by atoms with Crippen molar-refractivity contribution in [1.82, 2.24) is 10.3 Å². The molecular weight excluding hydrogens is 290 g/mol. The Morgan fingerprint density at radius 3 is 2.81 bits per heavy atom. The van der Waals surface area contributed by atoms with Crippen LogP contribution in [0.15, 0.2) is 27.8 Å². The summed E-state index contributed by atoms with van der Waals surface area (Å²) in [4.78, 5) is 16.1. The Kier molecular flexibility index (Phi) is 4.62. The van der Waals surface area contributed by atoms with Gasteiger partial charge in [0.15, 0.2) is 5.58 Å². The molecule has 0 fully saturated rings. The average molecular weight is 309 g/mol. The van der Waals surface area contributed by atoms with Crippen LogP contribution in [0.2, 0.25) is 0 Å². The van der Waals surface area contributed by atoms with Gasteiger partial charge in [-0.3, -0.25) is 4.79 Å². The number of rotatable bonds is 5. The third-order valence-corrected chi connectivity index (χ3v) is 4.31. The summed E-state index contributed by atoms with van der Waals surface area (Å²) in [6.07, 6.45) is 0. The highest BCUT2D eigenvalue weighted by Gasteiger charge is 2.25. The minimum Gasteiger partial charge on any atom is -0.430 e. The van der Waals surface area contributed by atoms with Crippen molar-refractivity contribution in [3.05, 3.63) is 18.2 Å². The molecule has 0 aliphatic carbocycles. The number of nitrogens with two attached hydrogens (primary N) is 1. The Hall–Kier alpha value is -1.89. The molecule has 0 aliphatic rings. The molecule has 1 aromatic heterocycles. The molecule has 0 spiro atoms. The number of oxazole rings is 1. The number of aromatic nitrogens is 1. The largest absolute Gasteiger partial charge is 0.430 e. The van der Waals surface area contributed by atoms with Gasteiger partial charge in [0.05, 0.1) is 0 Å². The average Bonchev–Trinajstić information content (AvgIpc) is 2.85. The summed E-state index contributed by atoms with van der Waals surface area (Å²) < 4.78 is 17.8. The number of nitrogens with zero attached hydrogens (tertiary/aromatic N) is 1. The van der Waals surface area contributed by atoms with Gasteiger partial charge in [0.2, 0.25) is 5.91 Å². The first-order valence-electron chi connectivity index (χ1n) is 6.73. The molecule has 0 radical (unpaired) electrons. The summed E-state index contributed by atoms with van der Waals surface area (Å²) >= 11 is 0. The van der Waals surface area contributed by atoms with Gasteiger partial charge in [0, 0.05) is 18.3 Å². The summed E-state index contributed by atoms with van der Waals surface area (Å²) in [6, 6.07) is 5.00. The number of nitrogens with one attached hydrogen (secondary N) is 1. The first-order valence-corrected chi connectivity index (χ1v) is 7.94. The van der Waals surface area contributed by atoms with Crippen LogP contribution in [0.1, 0.15) is 20.8 Å². The predicted octanol–water partition coefficient (Wildman–Crippen LogP) is 1.68. The SMILES string of the molecule is CC(C)CNC(=O)C(C)S(=O)c1nc2ccc(N)cc2o1. The second-order valence-electron chi connectivity index (χ2n) is 5.29. The third-order valence-electron chi connectivity index (χ3n) is 2.94. The minimum atomic E-state index is -1.64. The van der Waals surface area contributed by atoms with Crippen molar-refractivity contribution in [3.8, 4) is 0 Å². The number of hydrogen-bond acceptors (Lipinski definition) is 5. The van der Waals surface area contributed by atoms with Gasteiger partial charge in [-0.05, 0) is 25.0 Å². The second kappa shape index (κ2) is 6.26. The van der Waals surface area contributed by atoms with E-state index in [4.69, 9.17) is 10.2 Å². The molecule has 2 aromatic rings. The van der Waals surface area contributed by atoms with Crippen LogP contribution in [0, 0.1) is 5.92 Å². The number of anilines is 1. The number of carbonyl (C=O) groups is 1. The normalized spacial score (nSPS) is 14.3. The summed E-state index contributed by atoms with van der Waals surface area (Å²) in [5.41, 5.74) is 7.24. The molecule has 2 unspecified atom stereocenters. The molecule has 0 bridgehead atoms. The van der Waals surface area contributed by atoms with E-state index in [1.54, 1.807) is 25.1 Å². The molecule has 1 amide bonds. The summed E-state index contributed by atoms with van der Waals surface area (Å²) in [5, 5.41) is 2.07. The van der Waals surface area contributed by atoms with Crippen LogP contribution >= 0.6 is 0 Å². The van der Waals surface area contributed by atoms with Gasteiger partial charge in [0.1, 0.15) is 21.6 Å². The molecule has 2 rings (SSSR count). The highest BCUT2D eigenvalue weighted by molar-refractivity contribution is 7.86. The molecule has 0 saturated heterocycles. The van der Waals surface area contributed by atoms with Crippen molar-refractivity contribution >= 4 is 33.5 Å². The predicted molar refractivity (Wildman–Crippen MR) is 82.1 cm³/mol. The van der Waals surface area contributed by atoms with E-state index in [0.717, 1.165) is 0 Å². The van der Waals surface area contributed by atoms with Crippen LogP contribution in [0.3, 0.4) is 0 Å². The molecule has 7 heteroatoms. The van der Waals surface area contributed by atoms with Crippen LogP contribution in [0.5, 0.6) is 0 Å². The molecule has 0 saturated carbocycles. The van der Waals surface area contributed by atoms with Gasteiger partial charge in [-0.2, -0.15) is 0 Å². The Morgan fingerprint density at radius 1 is 1.43 bits per heavy atom. The summed E-state index contributed by atoms with van der Waals surface area (Å²) in [7, 11) is -1.64. The lowest BCUT2D eigenvalue weighted by Crippen LogP contribution is -2.37. The van der Waals surface area contributed by atoms with Crippen LogP contribution in [-0.4, -0.2) is 26.9 Å². The third kappa shape index (κ3) is 3.60. The van der Waals surface area contributed by atoms with Crippen LogP contribution in [0.25, 0.3) is 11.1 Å². The maximum atomic E-state index is 12.3. The van der Waals surface area contributed by atoms with E-state index in [1.165, 1.54) is 0 Å². The fraction of sp³-hybridized carbons (Fsp3) is 0.429. The Labute approximate surface area is 125 Å². The zero-order valence-corrected chi connectivity index (χ0v) is 13.1. The number of fused-ring (bicyclic) bond motifs is 1. The van der Waals surface area contributed by atoms with Crippen molar-refractivity contribution in [2.45, 2.75) is 31.2 Å². The lowest BCUT2D eigenvalue weighted by Gasteiger charge is -2.11. The maximum Gasteiger partial charge on any atom is 0.288 e. The molecule has 114 valence electrons. The molecule has 6 nitrogen and oxygen atoms in total. The van der Waals surface area contributed by atoms with E-state index in [9.17, 15) is 9.00 Å². The van der Waals surface area contributed by atoms with E-state index >= 15 is 0 Å². The highest BCUT2D eigenvalue weighted by atomic mass is 32.2. The van der Waals surface area contributed by atoms with E-state index < -0.39 is 16.0 Å². The van der Waals surface area contributed by atoms with Crippen molar-refractivity contribution in [1.29, 1.82) is 0 Å². The van der Waals surface area contributed by atoms with Gasteiger partial charge in [-0.15, -0.1) is 0 Å². The molecular formula is C14H19N3O3S. The molecule has 3 N–H and O–H groups in total. The summed E-state index contributed by atoms with van der Waals surface area (Å²) in [5.74, 6) is 0.0608. The van der Waals surface area contributed by atoms with Crippen LogP contribution in [0.4, 0.5) is 5.69 Å². The number of benzene rings is 1. The van der Waals surface area contributed by atoms with Gasteiger partial charge in [-0.1, -0.05) is 13.8 Å². The molecule has 0 aliphatic heterocycles. The molecule has 2 atom stereocenters. The minimum absolute atomic E-state index is 0.0443. The van der Waals surface area contributed by atoms with Gasteiger partial charge in [0.25, 0.3) is 5.22 Å². The van der Waals surface area contributed by atoms with Crippen molar-refractivity contribution in [2.24, 2.45) is 5.92 Å². The van der Waals surface area contributed by atoms with E-state index in [-0.39, 0.29) is 11.1 Å². The van der Waals surface area contributed by atoms with E-state index in [2.05, 4.69) is 10.3 Å². The first kappa shape index (κ1) is 15.5. The quantitative estimate of drug-likeness (QED) is 0.819. The maximum absolute atomic E-state index is 12.3. The molecule has 1 aromatic carbocycles. The zero-order chi connectivity index (χ0) is 15.6. The first-order chi connectivity index (χ1) is 9.88. The Morgan fingerprint density at radius 2 is 2.14 bits per heavy atom. The standard InChI is InChI=1S/C14H19N3O3S/c1-8(2)7-16-13(18)9(3)21(19)14-17-11-5-4-10(15)6-12(11)20-14/h4-6,8-9H,7,15H2,1-3H3,(H,16,18). The number of carbonyl (C=O) groups excluding carboxylic acids is 1. The second-order valence-corrected chi connectivity index (χ2v) is 6.94. The van der Waals surface area contributed by atoms with Crippen molar-refractivity contribution in [3.63, 3.8) is 0 Å². The fourth-order valence-corrected chi connectivity index (χ4v) is 2.64. The fourth-order valence-electron chi connectivity index (χ4n) is 1.70. The highest BCUT2D eigenvalue weighted by Crippen LogP contribution is 2.21. The molecule has 1 heterocycles. The lowest BCUT2D eigenvalue weighted by atomic mass is 10.2. The van der Waals surface area contributed by atoms with Crippen molar-refractivity contribution < 1.29 is 13.4 Å². The smallest absolute Gasteiger partial charge is 0.288 e. The lowest BCUT2D eigenvalue weighted by molar-refractivity contribution is -0.120. The van der Waals surface area contributed by atoms with E-state index in [0.29, 0.717) is 29.2 Å². The Bertz CT molecular complexity index is 681. The molecule has 21 heavy (non-hydrogen) atoms. The number of hydrogen-bond donors (Lipinski definition) is 2. The zero-order valence-electron chi connectivity index (χ0n) is 12.3. The Balaban J connectivity index is 2.15. The number of amides is 1.